The van der Waals surface area contributed by atoms with Gasteiger partial charge in [-0.1, -0.05) is 17.7 Å². The molecule has 0 aliphatic carbocycles. The first-order chi connectivity index (χ1) is 7.22. The number of aromatic amines is 1. The van der Waals surface area contributed by atoms with Crippen molar-refractivity contribution >= 4 is 22.4 Å². The van der Waals surface area contributed by atoms with Crippen LogP contribution >= 0.6 is 11.6 Å². The van der Waals surface area contributed by atoms with Crippen LogP contribution in [0.25, 0.3) is 10.8 Å². The predicted octanol–water partition coefficient (Wildman–Crippen LogP) is 1.68. The van der Waals surface area contributed by atoms with Gasteiger partial charge in [0, 0.05) is 21.5 Å². The summed E-state index contributed by atoms with van der Waals surface area (Å²) in [5.74, 6) is 0. The van der Waals surface area contributed by atoms with E-state index in [-0.39, 0.29) is 5.56 Å². The van der Waals surface area contributed by atoms with Gasteiger partial charge in [-0.15, -0.1) is 0 Å². The van der Waals surface area contributed by atoms with Crippen LogP contribution in [-0.2, 0) is 6.42 Å². The number of nitrogens with two attached hydrogens (primary N) is 1. The molecule has 0 aliphatic heterocycles. The molecule has 2 rings (SSSR count). The van der Waals surface area contributed by atoms with E-state index >= 15 is 0 Å². The van der Waals surface area contributed by atoms with Crippen LogP contribution < -0.4 is 11.3 Å². The summed E-state index contributed by atoms with van der Waals surface area (Å²) in [6, 6.07) is 7.18. The van der Waals surface area contributed by atoms with Gasteiger partial charge in [0.1, 0.15) is 0 Å². The Hall–Kier alpha value is -1.32. The quantitative estimate of drug-likeness (QED) is 0.812. The van der Waals surface area contributed by atoms with E-state index in [0.717, 1.165) is 11.1 Å². The number of fused-ring (bicyclic) bond motifs is 1. The monoisotopic (exact) mass is 222 g/mol. The van der Waals surface area contributed by atoms with Crippen molar-refractivity contribution in [3.05, 3.63) is 45.3 Å². The molecule has 1 aromatic carbocycles. The van der Waals surface area contributed by atoms with E-state index < -0.39 is 0 Å². The van der Waals surface area contributed by atoms with E-state index in [9.17, 15) is 4.79 Å². The van der Waals surface area contributed by atoms with Crippen LogP contribution in [0, 0.1) is 0 Å². The van der Waals surface area contributed by atoms with Crippen molar-refractivity contribution in [1.29, 1.82) is 0 Å². The number of nitrogens with one attached hydrogen (secondary N) is 1. The van der Waals surface area contributed by atoms with Crippen molar-refractivity contribution in [3.63, 3.8) is 0 Å². The number of rotatable bonds is 2. The Morgan fingerprint density at radius 2 is 2.13 bits per heavy atom. The average molecular weight is 223 g/mol. The van der Waals surface area contributed by atoms with E-state index in [4.69, 9.17) is 17.3 Å². The summed E-state index contributed by atoms with van der Waals surface area (Å²) in [7, 11) is 0. The maximum absolute atomic E-state index is 11.7. The summed E-state index contributed by atoms with van der Waals surface area (Å²) in [6.07, 6.45) is 0.649. The number of pyridine rings is 1. The Bertz CT molecular complexity index is 548. The summed E-state index contributed by atoms with van der Waals surface area (Å²) in [6.45, 7) is 0.506. The molecule has 0 spiro atoms. The molecule has 0 unspecified atom stereocenters. The lowest BCUT2D eigenvalue weighted by Crippen LogP contribution is -2.12. The second kappa shape index (κ2) is 4.04. The minimum atomic E-state index is -0.113. The van der Waals surface area contributed by atoms with Gasteiger partial charge < -0.3 is 10.7 Å². The maximum Gasteiger partial charge on any atom is 0.256 e. The first-order valence-corrected chi connectivity index (χ1v) is 5.10. The van der Waals surface area contributed by atoms with Gasteiger partial charge in [0.15, 0.2) is 0 Å². The first-order valence-electron chi connectivity index (χ1n) is 4.73. The largest absolute Gasteiger partial charge is 0.330 e. The van der Waals surface area contributed by atoms with E-state index in [1.54, 1.807) is 18.2 Å². The van der Waals surface area contributed by atoms with Crippen LogP contribution in [0.5, 0.6) is 0 Å². The fourth-order valence-corrected chi connectivity index (χ4v) is 1.82. The number of aromatic nitrogens is 1. The van der Waals surface area contributed by atoms with E-state index in [2.05, 4.69) is 4.98 Å². The predicted molar refractivity (Wildman–Crippen MR) is 62.3 cm³/mol. The van der Waals surface area contributed by atoms with E-state index in [1.165, 1.54) is 0 Å². The van der Waals surface area contributed by atoms with Crippen LogP contribution in [0.15, 0.2) is 29.1 Å². The van der Waals surface area contributed by atoms with Gasteiger partial charge in [0.25, 0.3) is 5.56 Å². The molecule has 0 aliphatic rings. The zero-order chi connectivity index (χ0) is 10.8. The highest BCUT2D eigenvalue weighted by molar-refractivity contribution is 6.35. The highest BCUT2D eigenvalue weighted by atomic mass is 35.5. The smallest absolute Gasteiger partial charge is 0.256 e. The fourth-order valence-electron chi connectivity index (χ4n) is 1.60. The third kappa shape index (κ3) is 1.89. The van der Waals surface area contributed by atoms with Gasteiger partial charge in [0.05, 0.1) is 0 Å². The summed E-state index contributed by atoms with van der Waals surface area (Å²) < 4.78 is 0. The molecule has 0 atom stereocenters. The van der Waals surface area contributed by atoms with Crippen molar-refractivity contribution in [1.82, 2.24) is 4.98 Å². The second-order valence-electron chi connectivity index (χ2n) is 3.36. The van der Waals surface area contributed by atoms with Gasteiger partial charge in [-0.25, -0.2) is 0 Å². The lowest BCUT2D eigenvalue weighted by molar-refractivity contribution is 0.919. The number of hydrogen-bond acceptors (Lipinski definition) is 2. The van der Waals surface area contributed by atoms with Crippen molar-refractivity contribution in [2.75, 3.05) is 6.54 Å². The number of halogens is 1. The molecule has 15 heavy (non-hydrogen) atoms. The van der Waals surface area contributed by atoms with Crippen LogP contribution in [0.1, 0.15) is 5.69 Å². The van der Waals surface area contributed by atoms with Gasteiger partial charge in [0.2, 0.25) is 0 Å². The van der Waals surface area contributed by atoms with Gasteiger partial charge >= 0.3 is 0 Å². The topological polar surface area (TPSA) is 58.9 Å². The zero-order valence-electron chi connectivity index (χ0n) is 8.09. The fraction of sp³-hybridized carbons (Fsp3) is 0.182. The summed E-state index contributed by atoms with van der Waals surface area (Å²) in [5.41, 5.74) is 6.15. The lowest BCUT2D eigenvalue weighted by atomic mass is 10.1. The molecule has 3 nitrogen and oxygen atoms in total. The zero-order valence-corrected chi connectivity index (χ0v) is 8.84. The third-order valence-corrected chi connectivity index (χ3v) is 2.63. The Morgan fingerprint density at radius 3 is 2.87 bits per heavy atom. The van der Waals surface area contributed by atoms with Crippen LogP contribution in [0.4, 0.5) is 0 Å². The summed E-state index contributed by atoms with van der Waals surface area (Å²) in [5, 5.41) is 1.99. The molecule has 78 valence electrons. The number of benzene rings is 1. The van der Waals surface area contributed by atoms with Crippen LogP contribution in [0.2, 0.25) is 5.02 Å². The molecule has 0 saturated heterocycles. The van der Waals surface area contributed by atoms with Crippen LogP contribution in [-0.4, -0.2) is 11.5 Å². The molecule has 0 fully saturated rings. The SMILES string of the molecule is NCCc1cc2c(Cl)cccc2c(=O)[nH]1. The summed E-state index contributed by atoms with van der Waals surface area (Å²) in [4.78, 5) is 14.5. The third-order valence-electron chi connectivity index (χ3n) is 2.30. The van der Waals surface area contributed by atoms with Gasteiger partial charge in [-0.3, -0.25) is 4.79 Å². The Morgan fingerprint density at radius 1 is 1.33 bits per heavy atom. The molecule has 1 heterocycles. The lowest BCUT2D eigenvalue weighted by Gasteiger charge is -2.03. The highest BCUT2D eigenvalue weighted by Crippen LogP contribution is 2.20. The normalized spacial score (nSPS) is 10.8. The Balaban J connectivity index is 2.74. The van der Waals surface area contributed by atoms with E-state index in [1.807, 2.05) is 6.07 Å². The molecule has 4 heteroatoms. The molecule has 2 aromatic rings. The molecule has 0 amide bonds. The number of H-pyrrole nitrogens is 1. The Kier molecular flexibility index (Phi) is 2.75. The maximum atomic E-state index is 11.7. The molecule has 3 N–H and O–H groups in total. The van der Waals surface area contributed by atoms with Crippen molar-refractivity contribution in [2.45, 2.75) is 6.42 Å². The molecule has 0 saturated carbocycles. The summed E-state index contributed by atoms with van der Waals surface area (Å²) >= 11 is 6.02. The molecular weight excluding hydrogens is 212 g/mol. The van der Waals surface area contributed by atoms with Crippen molar-refractivity contribution < 1.29 is 0 Å². The van der Waals surface area contributed by atoms with Crippen LogP contribution in [0.3, 0.4) is 0 Å². The van der Waals surface area contributed by atoms with E-state index in [0.29, 0.717) is 23.4 Å². The van der Waals surface area contributed by atoms with Gasteiger partial charge in [-0.2, -0.15) is 0 Å². The molecule has 0 radical (unpaired) electrons. The molecule has 0 bridgehead atoms. The Labute approximate surface area is 91.9 Å². The van der Waals surface area contributed by atoms with Crippen molar-refractivity contribution in [2.24, 2.45) is 5.73 Å². The molecule has 1 aromatic heterocycles. The standard InChI is InChI=1S/C11H11ClN2O/c12-10-3-1-2-8-9(10)6-7(4-5-13)14-11(8)15/h1-3,6H,4-5,13H2,(H,14,15). The minimum Gasteiger partial charge on any atom is -0.330 e. The van der Waals surface area contributed by atoms with Gasteiger partial charge in [-0.05, 0) is 31.2 Å². The highest BCUT2D eigenvalue weighted by Gasteiger charge is 2.04. The number of hydrogen-bond donors (Lipinski definition) is 2. The average Bonchev–Trinajstić information content (AvgIpc) is 2.20. The second-order valence-corrected chi connectivity index (χ2v) is 3.77. The minimum absolute atomic E-state index is 0.113. The first kappa shape index (κ1) is 10.2. The molecular formula is C11H11ClN2O. The van der Waals surface area contributed by atoms with Crippen molar-refractivity contribution in [3.8, 4) is 0 Å².